The van der Waals surface area contributed by atoms with Crippen LogP contribution in [0.1, 0.15) is 40.5 Å². The third-order valence-corrected chi connectivity index (χ3v) is 5.02. The lowest BCUT2D eigenvalue weighted by Crippen LogP contribution is -2.02. The Hall–Kier alpha value is -2.21. The zero-order valence-corrected chi connectivity index (χ0v) is 12.7. The van der Waals surface area contributed by atoms with Crippen LogP contribution in [-0.4, -0.2) is 20.5 Å². The molecular formula is C16H13FN2O2S. The molecule has 4 rings (SSSR count). The molecule has 0 atom stereocenters. The second-order valence-electron chi connectivity index (χ2n) is 5.57. The summed E-state index contributed by atoms with van der Waals surface area (Å²) in [7, 11) is 0. The number of benzene rings is 1. The van der Waals surface area contributed by atoms with Gasteiger partial charge in [0, 0.05) is 6.20 Å². The smallest absolute Gasteiger partial charge is 0.354 e. The third-order valence-electron chi connectivity index (χ3n) is 4.01. The molecule has 1 saturated carbocycles. The van der Waals surface area contributed by atoms with Gasteiger partial charge < -0.3 is 5.11 Å². The lowest BCUT2D eigenvalue weighted by Gasteiger charge is -2.07. The number of thiazole rings is 1. The number of halogens is 1. The summed E-state index contributed by atoms with van der Waals surface area (Å²) in [5.74, 6) is -0.900. The van der Waals surface area contributed by atoms with Crippen LogP contribution in [0.15, 0.2) is 24.4 Å². The summed E-state index contributed by atoms with van der Waals surface area (Å²) in [6, 6.07) is 5.08. The molecule has 3 aromatic rings. The molecule has 0 saturated heterocycles. The predicted octanol–water partition coefficient (Wildman–Crippen LogP) is 4.09. The quantitative estimate of drug-likeness (QED) is 0.792. The fraction of sp³-hybridized carbons (Fsp3) is 0.250. The van der Waals surface area contributed by atoms with Crippen LogP contribution in [0.5, 0.6) is 0 Å². The first kappa shape index (κ1) is 13.5. The van der Waals surface area contributed by atoms with E-state index in [0.717, 1.165) is 28.8 Å². The Bertz CT molecular complexity index is 908. The summed E-state index contributed by atoms with van der Waals surface area (Å²) in [4.78, 5) is 17.1. The number of carbonyl (C=O) groups is 1. The van der Waals surface area contributed by atoms with Crippen LogP contribution in [0.4, 0.5) is 4.39 Å². The minimum absolute atomic E-state index is 0.168. The van der Waals surface area contributed by atoms with Crippen molar-refractivity contribution < 1.29 is 14.3 Å². The van der Waals surface area contributed by atoms with Crippen LogP contribution < -0.4 is 0 Å². The number of carboxylic acid groups (broad SMARTS) is 1. The van der Waals surface area contributed by atoms with E-state index in [1.807, 2.05) is 6.07 Å². The zero-order valence-electron chi connectivity index (χ0n) is 11.8. The van der Waals surface area contributed by atoms with E-state index in [0.29, 0.717) is 10.7 Å². The summed E-state index contributed by atoms with van der Waals surface area (Å²) in [6.07, 6.45) is 3.77. The van der Waals surface area contributed by atoms with Crippen molar-refractivity contribution in [1.82, 2.24) is 9.38 Å². The first-order valence-corrected chi connectivity index (χ1v) is 7.88. The number of hydrogen-bond donors (Lipinski definition) is 1. The van der Waals surface area contributed by atoms with Crippen molar-refractivity contribution in [1.29, 1.82) is 0 Å². The van der Waals surface area contributed by atoms with Gasteiger partial charge >= 0.3 is 5.97 Å². The van der Waals surface area contributed by atoms with E-state index in [-0.39, 0.29) is 17.4 Å². The van der Waals surface area contributed by atoms with Gasteiger partial charge in [-0.25, -0.2) is 14.2 Å². The van der Waals surface area contributed by atoms with Crippen molar-refractivity contribution in [3.8, 4) is 10.4 Å². The number of fused-ring (bicyclic) bond motifs is 1. The molecule has 0 bridgehead atoms. The van der Waals surface area contributed by atoms with Crippen molar-refractivity contribution >= 4 is 22.3 Å². The van der Waals surface area contributed by atoms with E-state index >= 15 is 0 Å². The van der Waals surface area contributed by atoms with Gasteiger partial charge in [-0.3, -0.25) is 4.40 Å². The molecule has 6 heteroatoms. The number of aromatic nitrogens is 2. The van der Waals surface area contributed by atoms with Crippen LogP contribution in [0.25, 0.3) is 15.4 Å². The fourth-order valence-corrected chi connectivity index (χ4v) is 3.94. The highest BCUT2D eigenvalue weighted by atomic mass is 32.1. The lowest BCUT2D eigenvalue weighted by molar-refractivity contribution is 0.0688. The summed E-state index contributed by atoms with van der Waals surface area (Å²) >= 11 is 1.39. The standard InChI is InChI=1S/C16H13FN2O2S/c1-8-14(15(20)21)19-7-12(22-16(19)18-8)10-3-2-4-11(17)13(10)9-5-6-9/h2-4,7,9H,5-6H2,1H3,(H,20,21). The van der Waals surface area contributed by atoms with E-state index in [2.05, 4.69) is 4.98 Å². The second-order valence-corrected chi connectivity index (χ2v) is 6.58. The van der Waals surface area contributed by atoms with Gasteiger partial charge in [-0.1, -0.05) is 23.5 Å². The minimum Gasteiger partial charge on any atom is -0.477 e. The molecule has 1 aromatic carbocycles. The van der Waals surface area contributed by atoms with Crippen LogP contribution in [0.2, 0.25) is 0 Å². The largest absolute Gasteiger partial charge is 0.477 e. The highest BCUT2D eigenvalue weighted by molar-refractivity contribution is 7.20. The molecule has 22 heavy (non-hydrogen) atoms. The van der Waals surface area contributed by atoms with E-state index in [4.69, 9.17) is 0 Å². The van der Waals surface area contributed by atoms with E-state index < -0.39 is 5.97 Å². The van der Waals surface area contributed by atoms with Crippen LogP contribution >= 0.6 is 11.3 Å². The van der Waals surface area contributed by atoms with Gasteiger partial charge in [0.25, 0.3) is 0 Å². The average molecular weight is 316 g/mol. The molecule has 0 unspecified atom stereocenters. The number of imidazole rings is 1. The molecule has 1 fully saturated rings. The first-order chi connectivity index (χ1) is 10.6. The number of carboxylic acids is 1. The lowest BCUT2D eigenvalue weighted by atomic mass is 10.0. The molecule has 0 amide bonds. The van der Waals surface area contributed by atoms with E-state index in [1.54, 1.807) is 23.6 Å². The highest BCUT2D eigenvalue weighted by Gasteiger charge is 2.30. The maximum absolute atomic E-state index is 14.2. The minimum atomic E-state index is -1.00. The third kappa shape index (κ3) is 1.94. The van der Waals surface area contributed by atoms with Gasteiger partial charge in [-0.2, -0.15) is 0 Å². The van der Waals surface area contributed by atoms with Gasteiger partial charge in [-0.05, 0) is 42.9 Å². The molecule has 4 nitrogen and oxygen atoms in total. The van der Waals surface area contributed by atoms with Crippen molar-refractivity contribution in [2.75, 3.05) is 0 Å². The van der Waals surface area contributed by atoms with Gasteiger partial charge in [0.15, 0.2) is 10.7 Å². The topological polar surface area (TPSA) is 54.6 Å². The van der Waals surface area contributed by atoms with Gasteiger partial charge in [0.05, 0.1) is 10.6 Å². The van der Waals surface area contributed by atoms with Crippen molar-refractivity contribution in [3.05, 3.63) is 47.2 Å². The maximum Gasteiger partial charge on any atom is 0.354 e. The predicted molar refractivity (Wildman–Crippen MR) is 82.1 cm³/mol. The molecular weight excluding hydrogens is 303 g/mol. The van der Waals surface area contributed by atoms with Gasteiger partial charge in [-0.15, -0.1) is 0 Å². The number of rotatable bonds is 3. The molecule has 2 heterocycles. The molecule has 2 aromatic heterocycles. The second kappa shape index (κ2) is 4.64. The Morgan fingerprint density at radius 3 is 2.91 bits per heavy atom. The zero-order chi connectivity index (χ0) is 15.4. The molecule has 0 aliphatic heterocycles. The van der Waals surface area contributed by atoms with Crippen molar-refractivity contribution in [2.24, 2.45) is 0 Å². The normalized spacial score (nSPS) is 14.6. The molecule has 1 aliphatic carbocycles. The Balaban J connectivity index is 1.92. The summed E-state index contributed by atoms with van der Waals surface area (Å²) in [5, 5.41) is 9.31. The molecule has 0 radical (unpaired) electrons. The monoisotopic (exact) mass is 316 g/mol. The van der Waals surface area contributed by atoms with E-state index in [1.165, 1.54) is 17.4 Å². The fourth-order valence-electron chi connectivity index (χ4n) is 2.88. The van der Waals surface area contributed by atoms with Crippen molar-refractivity contribution in [2.45, 2.75) is 25.7 Å². The Morgan fingerprint density at radius 1 is 1.45 bits per heavy atom. The van der Waals surface area contributed by atoms with Crippen LogP contribution in [-0.2, 0) is 0 Å². The molecule has 1 aliphatic rings. The summed E-state index contributed by atoms with van der Waals surface area (Å²) in [6.45, 7) is 1.68. The van der Waals surface area contributed by atoms with Crippen molar-refractivity contribution in [3.63, 3.8) is 0 Å². The number of nitrogens with zero attached hydrogens (tertiary/aromatic N) is 2. The molecule has 1 N–H and O–H groups in total. The Kier molecular flexibility index (Phi) is 2.84. The summed E-state index contributed by atoms with van der Waals surface area (Å²) in [5.41, 5.74) is 2.27. The van der Waals surface area contributed by atoms with Gasteiger partial charge in [0.2, 0.25) is 0 Å². The average Bonchev–Trinajstić information content (AvgIpc) is 3.13. The SMILES string of the molecule is Cc1nc2sc(-c3cccc(F)c3C3CC3)cn2c1C(=O)O. The molecule has 0 spiro atoms. The Labute approximate surface area is 129 Å². The number of aryl methyl sites for hydroxylation is 1. The molecule has 112 valence electrons. The first-order valence-electron chi connectivity index (χ1n) is 7.07. The van der Waals surface area contributed by atoms with Crippen LogP contribution in [0.3, 0.4) is 0 Å². The maximum atomic E-state index is 14.2. The Morgan fingerprint density at radius 2 is 2.23 bits per heavy atom. The number of hydrogen-bond acceptors (Lipinski definition) is 3. The van der Waals surface area contributed by atoms with Gasteiger partial charge in [0.1, 0.15) is 5.82 Å². The highest BCUT2D eigenvalue weighted by Crippen LogP contribution is 2.46. The number of aromatic carboxylic acids is 1. The van der Waals surface area contributed by atoms with E-state index in [9.17, 15) is 14.3 Å². The summed E-state index contributed by atoms with van der Waals surface area (Å²) < 4.78 is 15.8. The van der Waals surface area contributed by atoms with Crippen LogP contribution in [0, 0.1) is 12.7 Å².